The molecule has 5 nitrogen and oxygen atoms in total. The molecule has 0 bridgehead atoms. The number of aromatic nitrogens is 3. The number of fused-ring (bicyclic) bond motifs is 1. The molecule has 0 unspecified atom stereocenters. The summed E-state index contributed by atoms with van der Waals surface area (Å²) in [6, 6.07) is 26.4. The minimum absolute atomic E-state index is 0.569. The van der Waals surface area contributed by atoms with E-state index in [0.29, 0.717) is 6.54 Å². The first-order valence-corrected chi connectivity index (χ1v) is 9.56. The maximum atomic E-state index is 5.46. The maximum absolute atomic E-state index is 5.46. The van der Waals surface area contributed by atoms with E-state index in [1.165, 1.54) is 5.56 Å². The number of hydrogen-bond acceptors (Lipinski definition) is 4. The average Bonchev–Trinajstić information content (AvgIpc) is 3.42. The molecule has 0 saturated carbocycles. The van der Waals surface area contributed by atoms with Crippen molar-refractivity contribution in [2.24, 2.45) is 0 Å². The van der Waals surface area contributed by atoms with Crippen molar-refractivity contribution >= 4 is 11.5 Å². The van der Waals surface area contributed by atoms with Gasteiger partial charge < -0.3 is 9.73 Å². The lowest BCUT2D eigenvalue weighted by Crippen LogP contribution is -2.06. The zero-order valence-electron chi connectivity index (χ0n) is 16.0. The number of anilines is 1. The van der Waals surface area contributed by atoms with Crippen molar-refractivity contribution in [3.63, 3.8) is 0 Å². The van der Waals surface area contributed by atoms with Crippen LogP contribution in [0, 0.1) is 6.92 Å². The number of nitrogens with one attached hydrogen (secondary N) is 1. The molecule has 0 fully saturated rings. The fourth-order valence-corrected chi connectivity index (χ4v) is 3.39. The fraction of sp³-hybridized carbons (Fsp3) is 0.0833. The van der Waals surface area contributed by atoms with Gasteiger partial charge in [0.25, 0.3) is 0 Å². The van der Waals surface area contributed by atoms with Gasteiger partial charge in [-0.3, -0.25) is 0 Å². The molecule has 0 saturated heterocycles. The molecule has 2 aromatic carbocycles. The van der Waals surface area contributed by atoms with Gasteiger partial charge in [-0.25, -0.2) is 4.98 Å². The Labute approximate surface area is 168 Å². The lowest BCUT2D eigenvalue weighted by atomic mass is 10.1. The quantitative estimate of drug-likeness (QED) is 0.433. The first-order valence-electron chi connectivity index (χ1n) is 9.56. The molecule has 0 spiro atoms. The van der Waals surface area contributed by atoms with Crippen molar-refractivity contribution in [2.75, 3.05) is 5.32 Å². The van der Waals surface area contributed by atoms with Crippen molar-refractivity contribution in [1.82, 2.24) is 14.6 Å². The van der Waals surface area contributed by atoms with Crippen LogP contribution in [0.15, 0.2) is 89.5 Å². The predicted octanol–water partition coefficient (Wildman–Crippen LogP) is 5.58. The molecule has 5 rings (SSSR count). The third-order valence-electron chi connectivity index (χ3n) is 4.83. The van der Waals surface area contributed by atoms with E-state index in [0.717, 1.165) is 39.7 Å². The van der Waals surface area contributed by atoms with E-state index in [4.69, 9.17) is 14.5 Å². The van der Waals surface area contributed by atoms with E-state index >= 15 is 0 Å². The summed E-state index contributed by atoms with van der Waals surface area (Å²) in [5.74, 6) is 1.73. The van der Waals surface area contributed by atoms with E-state index in [2.05, 4.69) is 42.6 Å². The first-order chi connectivity index (χ1) is 14.3. The topological polar surface area (TPSA) is 55.4 Å². The van der Waals surface area contributed by atoms with Crippen LogP contribution in [0.25, 0.3) is 28.2 Å². The third kappa shape index (κ3) is 3.50. The average molecular weight is 380 g/mol. The second-order valence-corrected chi connectivity index (χ2v) is 6.99. The van der Waals surface area contributed by atoms with E-state index in [1.54, 1.807) is 6.26 Å². The molecule has 0 amide bonds. The first kappa shape index (κ1) is 17.3. The summed E-state index contributed by atoms with van der Waals surface area (Å²) in [5.41, 5.74) is 5.93. The van der Waals surface area contributed by atoms with Crippen molar-refractivity contribution < 1.29 is 4.42 Å². The summed E-state index contributed by atoms with van der Waals surface area (Å²) in [4.78, 5) is 4.86. The van der Waals surface area contributed by atoms with Gasteiger partial charge in [0.05, 0.1) is 24.2 Å². The van der Waals surface area contributed by atoms with E-state index in [9.17, 15) is 0 Å². The van der Waals surface area contributed by atoms with E-state index in [1.807, 2.05) is 53.0 Å². The highest BCUT2D eigenvalue weighted by atomic mass is 16.3. The zero-order chi connectivity index (χ0) is 19.6. The monoisotopic (exact) mass is 380 g/mol. The molecule has 0 aliphatic rings. The molecule has 142 valence electrons. The van der Waals surface area contributed by atoms with Gasteiger partial charge in [-0.2, -0.15) is 9.61 Å². The lowest BCUT2D eigenvalue weighted by molar-refractivity contribution is 0.517. The number of benzene rings is 2. The Bertz CT molecular complexity index is 1260. The van der Waals surface area contributed by atoms with Gasteiger partial charge >= 0.3 is 0 Å². The SMILES string of the molecule is Cc1cccc(-c2cc3nc(-c4ccccc4)cc(NCc4ccco4)n3n2)c1. The van der Waals surface area contributed by atoms with Gasteiger partial charge in [-0.15, -0.1) is 0 Å². The van der Waals surface area contributed by atoms with Crippen molar-refractivity contribution in [2.45, 2.75) is 13.5 Å². The Balaban J connectivity index is 1.62. The number of hydrogen-bond donors (Lipinski definition) is 1. The van der Waals surface area contributed by atoms with Gasteiger partial charge in [0, 0.05) is 23.3 Å². The van der Waals surface area contributed by atoms with Crippen LogP contribution in [-0.2, 0) is 6.54 Å². The fourth-order valence-electron chi connectivity index (χ4n) is 3.39. The van der Waals surface area contributed by atoms with Crippen LogP contribution in [0.5, 0.6) is 0 Å². The summed E-state index contributed by atoms with van der Waals surface area (Å²) >= 11 is 0. The molecule has 0 aliphatic heterocycles. The summed E-state index contributed by atoms with van der Waals surface area (Å²) in [6.45, 7) is 2.65. The highest BCUT2D eigenvalue weighted by Crippen LogP contribution is 2.26. The molecule has 5 aromatic rings. The van der Waals surface area contributed by atoms with Gasteiger partial charge in [0.2, 0.25) is 0 Å². The normalized spacial score (nSPS) is 11.1. The van der Waals surface area contributed by atoms with Crippen LogP contribution in [0.2, 0.25) is 0 Å². The highest BCUT2D eigenvalue weighted by molar-refractivity contribution is 5.70. The Morgan fingerprint density at radius 2 is 1.72 bits per heavy atom. The van der Waals surface area contributed by atoms with Crippen molar-refractivity contribution in [1.29, 1.82) is 0 Å². The van der Waals surface area contributed by atoms with Crippen LogP contribution in [-0.4, -0.2) is 14.6 Å². The van der Waals surface area contributed by atoms with Crippen molar-refractivity contribution in [3.8, 4) is 22.5 Å². The maximum Gasteiger partial charge on any atom is 0.158 e. The molecule has 3 aromatic heterocycles. The summed E-state index contributed by atoms with van der Waals surface area (Å²) in [7, 11) is 0. The van der Waals surface area contributed by atoms with Gasteiger partial charge in [0.15, 0.2) is 5.65 Å². The molecule has 0 atom stereocenters. The highest BCUT2D eigenvalue weighted by Gasteiger charge is 2.12. The second-order valence-electron chi connectivity index (χ2n) is 6.99. The Kier molecular flexibility index (Phi) is 4.33. The third-order valence-corrected chi connectivity index (χ3v) is 4.83. The number of aryl methyl sites for hydroxylation is 1. The lowest BCUT2D eigenvalue weighted by Gasteiger charge is -2.10. The van der Waals surface area contributed by atoms with E-state index < -0.39 is 0 Å². The molecule has 29 heavy (non-hydrogen) atoms. The molecule has 0 aliphatic carbocycles. The smallest absolute Gasteiger partial charge is 0.158 e. The Morgan fingerprint density at radius 3 is 2.52 bits per heavy atom. The summed E-state index contributed by atoms with van der Waals surface area (Å²) in [5, 5.41) is 8.26. The number of furan rings is 1. The van der Waals surface area contributed by atoms with Gasteiger partial charge in [-0.1, -0.05) is 54.1 Å². The van der Waals surface area contributed by atoms with E-state index in [-0.39, 0.29) is 0 Å². The standard InChI is InChI=1S/C24H20N4O/c1-17-7-5-10-19(13-17)22-15-24-26-21(18-8-3-2-4-9-18)14-23(28(24)27-22)25-16-20-11-6-12-29-20/h2-15,25H,16H2,1H3. The molecule has 5 heteroatoms. The minimum atomic E-state index is 0.569. The van der Waals surface area contributed by atoms with Crippen LogP contribution < -0.4 is 5.32 Å². The molecule has 0 radical (unpaired) electrons. The van der Waals surface area contributed by atoms with Crippen LogP contribution in [0.3, 0.4) is 0 Å². The van der Waals surface area contributed by atoms with Gasteiger partial charge in [-0.05, 0) is 25.1 Å². The largest absolute Gasteiger partial charge is 0.467 e. The molecular formula is C24H20N4O. The molecule has 1 N–H and O–H groups in total. The second kappa shape index (κ2) is 7.28. The van der Waals surface area contributed by atoms with Crippen molar-refractivity contribution in [3.05, 3.63) is 96.4 Å². The minimum Gasteiger partial charge on any atom is -0.467 e. The summed E-state index contributed by atoms with van der Waals surface area (Å²) < 4.78 is 7.32. The summed E-state index contributed by atoms with van der Waals surface area (Å²) in [6.07, 6.45) is 1.68. The Morgan fingerprint density at radius 1 is 0.862 bits per heavy atom. The van der Waals surface area contributed by atoms with Crippen LogP contribution in [0.1, 0.15) is 11.3 Å². The molecular weight excluding hydrogens is 360 g/mol. The predicted molar refractivity (Wildman–Crippen MR) is 115 cm³/mol. The van der Waals surface area contributed by atoms with Crippen LogP contribution >= 0.6 is 0 Å². The van der Waals surface area contributed by atoms with Crippen LogP contribution in [0.4, 0.5) is 5.82 Å². The number of nitrogens with zero attached hydrogens (tertiary/aromatic N) is 3. The molecule has 3 heterocycles. The zero-order valence-corrected chi connectivity index (χ0v) is 16.0. The number of rotatable bonds is 5. The Hall–Kier alpha value is -3.86. The van der Waals surface area contributed by atoms with Gasteiger partial charge in [0.1, 0.15) is 11.6 Å².